The Hall–Kier alpha value is -3.48. The third-order valence-electron chi connectivity index (χ3n) is 4.48. The number of nitrogens with one attached hydrogen (secondary N) is 2. The average Bonchev–Trinajstić information content (AvgIpc) is 3.08. The maximum Gasteiger partial charge on any atom is 0.274 e. The number of hydrogen-bond donors (Lipinski definition) is 2. The first kappa shape index (κ1) is 17.0. The molecule has 4 aromatic rings. The van der Waals surface area contributed by atoms with Crippen LogP contribution < -0.4 is 10.9 Å². The third-order valence-corrected chi connectivity index (χ3v) is 4.48. The number of aryl methyl sites for hydroxylation is 2. The molecule has 0 atom stereocenters. The molecule has 0 saturated heterocycles. The lowest BCUT2D eigenvalue weighted by atomic mass is 10.1. The number of halogens is 1. The van der Waals surface area contributed by atoms with E-state index in [0.29, 0.717) is 23.8 Å². The summed E-state index contributed by atoms with van der Waals surface area (Å²) in [5.41, 5.74) is 4.31. The van der Waals surface area contributed by atoms with E-state index in [2.05, 4.69) is 20.4 Å². The van der Waals surface area contributed by atoms with Gasteiger partial charge in [-0.15, -0.1) is 0 Å². The van der Waals surface area contributed by atoms with Crippen molar-refractivity contribution in [2.45, 2.75) is 20.4 Å². The van der Waals surface area contributed by atoms with Crippen LogP contribution in [0.3, 0.4) is 0 Å². The van der Waals surface area contributed by atoms with Gasteiger partial charge in [0.15, 0.2) is 5.82 Å². The Labute approximate surface area is 154 Å². The summed E-state index contributed by atoms with van der Waals surface area (Å²) in [7, 11) is 0. The molecule has 0 aliphatic rings. The van der Waals surface area contributed by atoms with E-state index in [1.807, 2.05) is 32.0 Å². The van der Waals surface area contributed by atoms with Gasteiger partial charge in [0.25, 0.3) is 11.3 Å². The summed E-state index contributed by atoms with van der Waals surface area (Å²) in [6.45, 7) is 4.42. The first-order valence-electron chi connectivity index (χ1n) is 8.55. The molecule has 0 bridgehead atoms. The molecule has 0 saturated carbocycles. The fourth-order valence-corrected chi connectivity index (χ4v) is 2.80. The maximum atomic E-state index is 13.0. The smallest absolute Gasteiger partial charge is 0.274 e. The molecule has 27 heavy (non-hydrogen) atoms. The van der Waals surface area contributed by atoms with Crippen molar-refractivity contribution in [3.63, 3.8) is 0 Å². The van der Waals surface area contributed by atoms with Crippen LogP contribution in [0, 0.1) is 19.7 Å². The van der Waals surface area contributed by atoms with Gasteiger partial charge in [-0.3, -0.25) is 9.89 Å². The van der Waals surface area contributed by atoms with Gasteiger partial charge in [0.05, 0.1) is 12.2 Å². The molecule has 0 spiro atoms. The van der Waals surface area contributed by atoms with Gasteiger partial charge in [0.1, 0.15) is 5.82 Å². The monoisotopic (exact) mass is 363 g/mol. The van der Waals surface area contributed by atoms with Gasteiger partial charge in [-0.2, -0.15) is 9.50 Å². The van der Waals surface area contributed by atoms with Crippen molar-refractivity contribution < 1.29 is 4.39 Å². The minimum Gasteiger partial charge on any atom is -0.379 e. The number of fused-ring (bicyclic) bond motifs is 1. The van der Waals surface area contributed by atoms with Gasteiger partial charge in [0, 0.05) is 17.3 Å². The highest BCUT2D eigenvalue weighted by Crippen LogP contribution is 2.19. The fraction of sp³-hybridized carbons (Fsp3) is 0.150. The van der Waals surface area contributed by atoms with E-state index in [-0.39, 0.29) is 11.4 Å². The topological polar surface area (TPSA) is 75.1 Å². The molecule has 6 nitrogen and oxygen atoms in total. The molecule has 2 heterocycles. The minimum absolute atomic E-state index is 0.238. The SMILES string of the molecule is Cc1ccc(-c2nc3nc(CNc4ccc(F)cc4)cc(=O)n3[nH]2)cc1C. The van der Waals surface area contributed by atoms with Crippen LogP contribution >= 0.6 is 0 Å². The van der Waals surface area contributed by atoms with Crippen LogP contribution in [-0.4, -0.2) is 19.6 Å². The van der Waals surface area contributed by atoms with Crippen LogP contribution in [0.1, 0.15) is 16.8 Å². The zero-order chi connectivity index (χ0) is 19.0. The molecule has 2 aromatic carbocycles. The third kappa shape index (κ3) is 3.44. The van der Waals surface area contributed by atoms with Crippen molar-refractivity contribution in [2.24, 2.45) is 0 Å². The van der Waals surface area contributed by atoms with E-state index in [9.17, 15) is 9.18 Å². The summed E-state index contributed by atoms with van der Waals surface area (Å²) >= 11 is 0. The average molecular weight is 363 g/mol. The van der Waals surface area contributed by atoms with Gasteiger partial charge in [-0.05, 0) is 55.3 Å². The summed E-state index contributed by atoms with van der Waals surface area (Å²) in [5.74, 6) is 0.603. The van der Waals surface area contributed by atoms with Gasteiger partial charge in [-0.1, -0.05) is 12.1 Å². The standard InChI is InChI=1S/C20H18FN5O/c1-12-3-4-14(9-13(12)2)19-24-20-23-17(10-18(27)26(20)25-19)11-22-16-7-5-15(21)6-8-16/h3-10,22H,11H2,1-2H3,(H,23,24,25). The number of benzene rings is 2. The second-order valence-electron chi connectivity index (χ2n) is 6.45. The van der Waals surface area contributed by atoms with E-state index >= 15 is 0 Å². The summed E-state index contributed by atoms with van der Waals surface area (Å²) in [6.07, 6.45) is 0. The van der Waals surface area contributed by atoms with E-state index in [4.69, 9.17) is 0 Å². The van der Waals surface area contributed by atoms with Crippen molar-refractivity contribution in [3.8, 4) is 11.4 Å². The van der Waals surface area contributed by atoms with Crippen molar-refractivity contribution in [1.82, 2.24) is 19.6 Å². The molecular formula is C20H18FN5O. The Kier molecular flexibility index (Phi) is 4.19. The number of rotatable bonds is 4. The number of nitrogens with zero attached hydrogens (tertiary/aromatic N) is 3. The summed E-state index contributed by atoms with van der Waals surface area (Å²) in [6, 6.07) is 13.5. The number of aromatic nitrogens is 4. The first-order valence-corrected chi connectivity index (χ1v) is 8.55. The highest BCUT2D eigenvalue weighted by molar-refractivity contribution is 5.59. The van der Waals surface area contributed by atoms with Crippen LogP contribution in [-0.2, 0) is 6.54 Å². The van der Waals surface area contributed by atoms with Crippen molar-refractivity contribution >= 4 is 11.5 Å². The summed E-state index contributed by atoms with van der Waals surface area (Å²) < 4.78 is 14.3. The number of anilines is 1. The minimum atomic E-state index is -0.297. The summed E-state index contributed by atoms with van der Waals surface area (Å²) in [5, 5.41) is 6.12. The van der Waals surface area contributed by atoms with Gasteiger partial charge >= 0.3 is 0 Å². The highest BCUT2D eigenvalue weighted by atomic mass is 19.1. The van der Waals surface area contributed by atoms with Crippen LogP contribution in [0.15, 0.2) is 53.3 Å². The largest absolute Gasteiger partial charge is 0.379 e. The molecule has 2 aromatic heterocycles. The Morgan fingerprint density at radius 3 is 2.56 bits per heavy atom. The Balaban J connectivity index is 1.63. The van der Waals surface area contributed by atoms with Crippen molar-refractivity contribution in [3.05, 3.63) is 81.5 Å². The maximum absolute atomic E-state index is 13.0. The van der Waals surface area contributed by atoms with Crippen LogP contribution in [0.2, 0.25) is 0 Å². The molecule has 7 heteroatoms. The molecule has 0 amide bonds. The molecule has 2 N–H and O–H groups in total. The van der Waals surface area contributed by atoms with Crippen LogP contribution in [0.25, 0.3) is 17.2 Å². The van der Waals surface area contributed by atoms with E-state index in [1.165, 1.54) is 28.3 Å². The quantitative estimate of drug-likeness (QED) is 0.582. The predicted octanol–water partition coefficient (Wildman–Crippen LogP) is 3.45. The van der Waals surface area contributed by atoms with Crippen molar-refractivity contribution in [2.75, 3.05) is 5.32 Å². The van der Waals surface area contributed by atoms with E-state index in [0.717, 1.165) is 16.8 Å². The Bertz CT molecular complexity index is 1180. The van der Waals surface area contributed by atoms with Crippen LogP contribution in [0.4, 0.5) is 10.1 Å². The molecule has 136 valence electrons. The number of aromatic amines is 1. The normalized spacial score (nSPS) is 11.1. The second-order valence-corrected chi connectivity index (χ2v) is 6.45. The van der Waals surface area contributed by atoms with Crippen molar-refractivity contribution in [1.29, 1.82) is 0 Å². The second kappa shape index (κ2) is 6.68. The van der Waals surface area contributed by atoms with Crippen LogP contribution in [0.5, 0.6) is 0 Å². The van der Waals surface area contributed by atoms with Gasteiger partial charge in [-0.25, -0.2) is 9.37 Å². The number of H-pyrrole nitrogens is 1. The fourth-order valence-electron chi connectivity index (χ4n) is 2.80. The Morgan fingerprint density at radius 1 is 1.04 bits per heavy atom. The zero-order valence-electron chi connectivity index (χ0n) is 15.0. The van der Waals surface area contributed by atoms with Gasteiger partial charge < -0.3 is 5.32 Å². The predicted molar refractivity (Wildman–Crippen MR) is 102 cm³/mol. The highest BCUT2D eigenvalue weighted by Gasteiger charge is 2.10. The first-order chi connectivity index (χ1) is 13.0. The van der Waals surface area contributed by atoms with E-state index in [1.54, 1.807) is 12.1 Å². The molecule has 0 unspecified atom stereocenters. The lowest BCUT2D eigenvalue weighted by Crippen LogP contribution is -2.17. The molecule has 0 fully saturated rings. The molecule has 0 aliphatic heterocycles. The lowest BCUT2D eigenvalue weighted by molar-refractivity contribution is 0.628. The molecule has 0 aliphatic carbocycles. The van der Waals surface area contributed by atoms with Gasteiger partial charge in [0.2, 0.25) is 0 Å². The van der Waals surface area contributed by atoms with E-state index < -0.39 is 0 Å². The lowest BCUT2D eigenvalue weighted by Gasteiger charge is -2.05. The molecular weight excluding hydrogens is 345 g/mol. The molecule has 4 rings (SSSR count). The zero-order valence-corrected chi connectivity index (χ0v) is 15.0. The molecule has 0 radical (unpaired) electrons. The summed E-state index contributed by atoms with van der Waals surface area (Å²) in [4.78, 5) is 21.3. The Morgan fingerprint density at radius 2 is 1.81 bits per heavy atom. The number of hydrogen-bond acceptors (Lipinski definition) is 4.